The topological polar surface area (TPSA) is 34.1 Å². The number of rotatable bonds is 2. The maximum absolute atomic E-state index is 11.3. The average molecular weight is 212 g/mol. The Morgan fingerprint density at radius 3 is 2.19 bits per heavy atom. The van der Waals surface area contributed by atoms with Crippen molar-refractivity contribution in [2.45, 2.75) is 12.8 Å². The maximum atomic E-state index is 11.3. The summed E-state index contributed by atoms with van der Waals surface area (Å²) in [6.45, 7) is 0. The van der Waals surface area contributed by atoms with Crippen LogP contribution >= 0.6 is 0 Å². The average Bonchev–Trinajstić information content (AvgIpc) is 2.62. The Labute approximate surface area is 94.3 Å². The van der Waals surface area contributed by atoms with Gasteiger partial charge in [0, 0.05) is 12.8 Å². The molecule has 2 heteroatoms. The standard InChI is InChI=1S/C14H12O2/c15-13-9-10-14(16)12(13)8-4-7-11-5-2-1-3-6-11/h1-8H,9-10H2/b7-4+. The minimum atomic E-state index is -0.0392. The van der Waals surface area contributed by atoms with E-state index in [9.17, 15) is 9.59 Å². The van der Waals surface area contributed by atoms with E-state index in [0.29, 0.717) is 18.4 Å². The third-order valence-electron chi connectivity index (χ3n) is 2.53. The molecule has 0 aliphatic heterocycles. The smallest absolute Gasteiger partial charge is 0.166 e. The van der Waals surface area contributed by atoms with Crippen molar-refractivity contribution in [2.24, 2.45) is 0 Å². The predicted octanol–water partition coefficient (Wildman–Crippen LogP) is 2.56. The molecule has 0 unspecified atom stereocenters. The van der Waals surface area contributed by atoms with Gasteiger partial charge >= 0.3 is 0 Å². The molecule has 0 spiro atoms. The van der Waals surface area contributed by atoms with Gasteiger partial charge in [-0.25, -0.2) is 0 Å². The molecular formula is C14H12O2. The molecule has 0 N–H and O–H groups in total. The summed E-state index contributed by atoms with van der Waals surface area (Å²) in [4.78, 5) is 22.6. The summed E-state index contributed by atoms with van der Waals surface area (Å²) in [7, 11) is 0. The van der Waals surface area contributed by atoms with Gasteiger partial charge in [0.1, 0.15) is 0 Å². The molecule has 2 rings (SSSR count). The van der Waals surface area contributed by atoms with Gasteiger partial charge in [0.05, 0.1) is 5.57 Å². The van der Waals surface area contributed by atoms with Crippen LogP contribution in [0.15, 0.2) is 48.1 Å². The summed E-state index contributed by atoms with van der Waals surface area (Å²) in [5.41, 5.74) is 1.39. The van der Waals surface area contributed by atoms with Gasteiger partial charge in [-0.05, 0) is 11.6 Å². The quantitative estimate of drug-likeness (QED) is 0.557. The molecule has 0 bridgehead atoms. The second-order valence-electron chi connectivity index (χ2n) is 3.70. The fourth-order valence-corrected chi connectivity index (χ4v) is 1.66. The van der Waals surface area contributed by atoms with Crippen molar-refractivity contribution < 1.29 is 9.59 Å². The van der Waals surface area contributed by atoms with Crippen LogP contribution in [0, 0.1) is 0 Å². The first-order valence-corrected chi connectivity index (χ1v) is 5.27. The molecule has 1 saturated carbocycles. The van der Waals surface area contributed by atoms with Crippen LogP contribution in [-0.4, -0.2) is 11.6 Å². The summed E-state index contributed by atoms with van der Waals surface area (Å²) < 4.78 is 0. The van der Waals surface area contributed by atoms with Gasteiger partial charge in [-0.15, -0.1) is 0 Å². The summed E-state index contributed by atoms with van der Waals surface area (Å²) in [6.07, 6.45) is 5.98. The number of benzene rings is 1. The van der Waals surface area contributed by atoms with Crippen LogP contribution in [0.4, 0.5) is 0 Å². The van der Waals surface area contributed by atoms with Crippen LogP contribution in [0.2, 0.25) is 0 Å². The second kappa shape index (κ2) is 4.71. The van der Waals surface area contributed by atoms with Gasteiger partial charge in [-0.2, -0.15) is 0 Å². The summed E-state index contributed by atoms with van der Waals surface area (Å²) >= 11 is 0. The lowest BCUT2D eigenvalue weighted by Gasteiger charge is -1.90. The molecule has 0 atom stereocenters. The highest BCUT2D eigenvalue weighted by Gasteiger charge is 2.24. The molecule has 1 aliphatic carbocycles. The van der Waals surface area contributed by atoms with E-state index in [1.54, 1.807) is 12.2 Å². The Morgan fingerprint density at radius 1 is 0.938 bits per heavy atom. The van der Waals surface area contributed by atoms with Gasteiger partial charge < -0.3 is 0 Å². The number of Topliss-reactive ketones (excluding diaryl/α,β-unsaturated/α-hetero) is 2. The van der Waals surface area contributed by atoms with E-state index in [0.717, 1.165) is 5.56 Å². The molecule has 0 saturated heterocycles. The van der Waals surface area contributed by atoms with Gasteiger partial charge in [0.2, 0.25) is 0 Å². The van der Waals surface area contributed by atoms with Crippen molar-refractivity contribution in [3.63, 3.8) is 0 Å². The third-order valence-corrected chi connectivity index (χ3v) is 2.53. The largest absolute Gasteiger partial charge is 0.294 e. The highest BCUT2D eigenvalue weighted by Crippen LogP contribution is 2.16. The molecule has 1 aromatic rings. The first-order chi connectivity index (χ1) is 7.77. The Hall–Kier alpha value is -1.96. The Balaban J connectivity index is 2.12. The Morgan fingerprint density at radius 2 is 1.56 bits per heavy atom. The zero-order chi connectivity index (χ0) is 11.4. The lowest BCUT2D eigenvalue weighted by Crippen LogP contribution is -1.97. The van der Waals surface area contributed by atoms with Gasteiger partial charge in [0.25, 0.3) is 0 Å². The molecule has 0 radical (unpaired) electrons. The number of carbonyl (C=O) groups is 2. The van der Waals surface area contributed by atoms with E-state index in [1.165, 1.54) is 0 Å². The molecule has 0 aromatic heterocycles. The first-order valence-electron chi connectivity index (χ1n) is 5.27. The minimum Gasteiger partial charge on any atom is -0.294 e. The van der Waals surface area contributed by atoms with Crippen molar-refractivity contribution in [3.05, 3.63) is 53.6 Å². The molecule has 1 aliphatic rings. The predicted molar refractivity (Wildman–Crippen MR) is 62.8 cm³/mol. The second-order valence-corrected chi connectivity index (χ2v) is 3.70. The van der Waals surface area contributed by atoms with Crippen molar-refractivity contribution >= 4 is 17.6 Å². The number of carbonyl (C=O) groups excluding carboxylic acids is 2. The maximum Gasteiger partial charge on any atom is 0.166 e. The van der Waals surface area contributed by atoms with Gasteiger partial charge in [-0.1, -0.05) is 42.5 Å². The van der Waals surface area contributed by atoms with Gasteiger partial charge in [-0.3, -0.25) is 9.59 Å². The van der Waals surface area contributed by atoms with E-state index < -0.39 is 0 Å². The number of hydrogen-bond donors (Lipinski definition) is 0. The van der Waals surface area contributed by atoms with Crippen LogP contribution in [0.5, 0.6) is 0 Å². The fourth-order valence-electron chi connectivity index (χ4n) is 1.66. The van der Waals surface area contributed by atoms with E-state index in [4.69, 9.17) is 0 Å². The molecule has 1 fully saturated rings. The van der Waals surface area contributed by atoms with Crippen LogP contribution < -0.4 is 0 Å². The minimum absolute atomic E-state index is 0.0392. The molecule has 0 amide bonds. The molecule has 0 heterocycles. The lowest BCUT2D eigenvalue weighted by molar-refractivity contribution is -0.116. The van der Waals surface area contributed by atoms with Crippen LogP contribution in [0.25, 0.3) is 6.08 Å². The molecule has 2 nitrogen and oxygen atoms in total. The highest BCUT2D eigenvalue weighted by molar-refractivity contribution is 6.25. The van der Waals surface area contributed by atoms with Crippen LogP contribution in [-0.2, 0) is 9.59 Å². The number of hydrogen-bond acceptors (Lipinski definition) is 2. The number of allylic oxidation sites excluding steroid dienone is 3. The molecular weight excluding hydrogens is 200 g/mol. The Kier molecular flexibility index (Phi) is 3.10. The van der Waals surface area contributed by atoms with Crippen LogP contribution in [0.3, 0.4) is 0 Å². The van der Waals surface area contributed by atoms with E-state index in [-0.39, 0.29) is 11.6 Å². The van der Waals surface area contributed by atoms with Gasteiger partial charge in [0.15, 0.2) is 11.6 Å². The molecule has 80 valence electrons. The third kappa shape index (κ3) is 2.34. The fraction of sp³-hybridized carbons (Fsp3) is 0.143. The summed E-state index contributed by atoms with van der Waals surface area (Å²) in [5.74, 6) is -0.0783. The van der Waals surface area contributed by atoms with Crippen molar-refractivity contribution in [3.8, 4) is 0 Å². The van der Waals surface area contributed by atoms with Crippen LogP contribution in [0.1, 0.15) is 18.4 Å². The van der Waals surface area contributed by atoms with Crippen molar-refractivity contribution in [1.29, 1.82) is 0 Å². The van der Waals surface area contributed by atoms with Crippen molar-refractivity contribution in [1.82, 2.24) is 0 Å². The zero-order valence-electron chi connectivity index (χ0n) is 8.85. The molecule has 16 heavy (non-hydrogen) atoms. The first kappa shape index (κ1) is 10.6. The lowest BCUT2D eigenvalue weighted by atomic mass is 10.1. The monoisotopic (exact) mass is 212 g/mol. The zero-order valence-corrected chi connectivity index (χ0v) is 8.85. The Bertz CT molecular complexity index is 449. The normalized spacial score (nSPS) is 16.1. The van der Waals surface area contributed by atoms with E-state index in [2.05, 4.69) is 0 Å². The van der Waals surface area contributed by atoms with E-state index >= 15 is 0 Å². The van der Waals surface area contributed by atoms with Crippen molar-refractivity contribution in [2.75, 3.05) is 0 Å². The summed E-state index contributed by atoms with van der Waals surface area (Å²) in [6, 6.07) is 9.76. The highest BCUT2D eigenvalue weighted by atomic mass is 16.2. The summed E-state index contributed by atoms with van der Waals surface area (Å²) in [5, 5.41) is 0. The van der Waals surface area contributed by atoms with E-state index in [1.807, 2.05) is 36.4 Å². The molecule has 1 aromatic carbocycles. The SMILES string of the molecule is O=C1CCC(=O)C1=C/C=C/c1ccccc1. The number of ketones is 2.